The van der Waals surface area contributed by atoms with E-state index in [4.69, 9.17) is 0 Å². The number of hydrogen-bond acceptors (Lipinski definition) is 0. The van der Waals surface area contributed by atoms with Crippen molar-refractivity contribution in [2.24, 2.45) is 0 Å². The third-order valence-corrected chi connectivity index (χ3v) is 0. The first kappa shape index (κ1) is 26.3. The van der Waals surface area contributed by atoms with E-state index >= 15 is 0 Å². The van der Waals surface area contributed by atoms with Crippen molar-refractivity contribution in [1.82, 2.24) is 0 Å². The number of rotatable bonds is 0. The van der Waals surface area contributed by atoms with Crippen molar-refractivity contribution >= 4 is 86.1 Å². The van der Waals surface area contributed by atoms with Crippen LogP contribution in [0.2, 0.25) is 0 Å². The molecule has 0 saturated carbocycles. The summed E-state index contributed by atoms with van der Waals surface area (Å²) in [4.78, 5) is 0. The second-order valence-corrected chi connectivity index (χ2v) is 0. The molecule has 4 heteroatoms. The van der Waals surface area contributed by atoms with Crippen molar-refractivity contribution in [3.05, 3.63) is 0 Å². The molecule has 0 nitrogen and oxygen atoms in total. The van der Waals surface area contributed by atoms with E-state index in [1.165, 1.54) is 0 Å². The summed E-state index contributed by atoms with van der Waals surface area (Å²) in [5.74, 6) is 0. The SMILES string of the molecule is [CaH2].[Co].[SbH3].[SnH2]. The van der Waals surface area contributed by atoms with Crippen LogP contribution in [0, 0.1) is 0 Å². The fraction of sp³-hybridized carbons (Fsp3) is 0. The van der Waals surface area contributed by atoms with E-state index in [-0.39, 0.29) is 103 Å². The molecule has 0 spiro atoms. The van der Waals surface area contributed by atoms with E-state index in [9.17, 15) is 0 Å². The maximum atomic E-state index is 0. The van der Waals surface area contributed by atoms with Crippen molar-refractivity contribution < 1.29 is 16.8 Å². The standard InChI is InChI=1S/Ca.Co.Sb.Sn.7H. The molecule has 0 aliphatic carbocycles. The maximum absolute atomic E-state index is 0. The Labute approximate surface area is 100 Å². The molecule has 0 rings (SSSR count). The van der Waals surface area contributed by atoms with Gasteiger partial charge in [-0.25, -0.2) is 0 Å². The minimum absolute atomic E-state index is 0. The van der Waals surface area contributed by atoms with Gasteiger partial charge in [-0.1, -0.05) is 0 Å². The van der Waals surface area contributed by atoms with E-state index in [1.807, 2.05) is 0 Å². The van der Waals surface area contributed by atoms with E-state index < -0.39 is 0 Å². The minimum atomic E-state index is 0. The third-order valence-electron chi connectivity index (χ3n) is 0. The molecule has 0 aliphatic heterocycles. The molecule has 0 aromatic carbocycles. The summed E-state index contributed by atoms with van der Waals surface area (Å²) in [6.07, 6.45) is 0. The van der Waals surface area contributed by atoms with Gasteiger partial charge in [0.25, 0.3) is 0 Å². The molecule has 0 saturated heterocycles. The van der Waals surface area contributed by atoms with Gasteiger partial charge in [-0.15, -0.1) is 0 Å². The molecule has 0 unspecified atom stereocenters. The van der Waals surface area contributed by atoms with Crippen molar-refractivity contribution in [3.8, 4) is 0 Å². The zero-order chi connectivity index (χ0) is 0. The van der Waals surface area contributed by atoms with Crippen LogP contribution in [0.4, 0.5) is 0 Å². The van der Waals surface area contributed by atoms with Crippen LogP contribution in [-0.4, -0.2) is 86.1 Å². The summed E-state index contributed by atoms with van der Waals surface area (Å²) in [6, 6.07) is 0. The summed E-state index contributed by atoms with van der Waals surface area (Å²) in [5.41, 5.74) is 0. The average molecular weight is 347 g/mol. The third kappa shape index (κ3) is 9.04. The van der Waals surface area contributed by atoms with Crippen LogP contribution in [-0.2, 0) is 16.8 Å². The second kappa shape index (κ2) is 16.2. The first-order valence-electron chi connectivity index (χ1n) is 0. The molecular formula is H7CaCoSbSn. The first-order chi connectivity index (χ1) is 0. The van der Waals surface area contributed by atoms with E-state index in [0.717, 1.165) is 0 Å². The molecule has 0 fully saturated rings. The molecule has 0 heterocycles. The van der Waals surface area contributed by atoms with Crippen LogP contribution in [0.3, 0.4) is 0 Å². The Morgan fingerprint density at radius 3 is 1.00 bits per heavy atom. The van der Waals surface area contributed by atoms with Crippen molar-refractivity contribution in [2.75, 3.05) is 0 Å². The van der Waals surface area contributed by atoms with Crippen LogP contribution in [0.1, 0.15) is 0 Å². The van der Waals surface area contributed by atoms with Crippen molar-refractivity contribution in [3.63, 3.8) is 0 Å². The topological polar surface area (TPSA) is 0 Å². The fourth-order valence-electron chi connectivity index (χ4n) is 0. The molecule has 0 aromatic rings. The number of hydrogen-bond donors (Lipinski definition) is 0. The molecule has 0 N–H and O–H groups in total. The Bertz CT molecular complexity index is 8.00. The Balaban J connectivity index is 0. The van der Waals surface area contributed by atoms with Crippen LogP contribution >= 0.6 is 0 Å². The summed E-state index contributed by atoms with van der Waals surface area (Å²) < 4.78 is 0. The van der Waals surface area contributed by atoms with Crippen molar-refractivity contribution in [1.29, 1.82) is 0 Å². The summed E-state index contributed by atoms with van der Waals surface area (Å²) in [7, 11) is 0. The van der Waals surface area contributed by atoms with Gasteiger partial charge in [-0.3, -0.25) is 0 Å². The second-order valence-electron chi connectivity index (χ2n) is 0. The fourth-order valence-corrected chi connectivity index (χ4v) is 0. The summed E-state index contributed by atoms with van der Waals surface area (Å²) in [5, 5.41) is 0. The van der Waals surface area contributed by atoms with Crippen LogP contribution in [0.15, 0.2) is 0 Å². The normalized spacial score (nSPS) is 0. The quantitative estimate of drug-likeness (QED) is 0.410. The van der Waals surface area contributed by atoms with Gasteiger partial charge in [-0.2, -0.15) is 0 Å². The Morgan fingerprint density at radius 1 is 1.00 bits per heavy atom. The van der Waals surface area contributed by atoms with Gasteiger partial charge in [0.05, 0.1) is 0 Å². The van der Waals surface area contributed by atoms with Gasteiger partial charge >= 0.3 is 86.1 Å². The first-order valence-corrected chi connectivity index (χ1v) is 0. The van der Waals surface area contributed by atoms with Gasteiger partial charge in [0, 0.05) is 16.8 Å². The van der Waals surface area contributed by atoms with E-state index in [0.29, 0.717) is 0 Å². The molecule has 4 heavy (non-hydrogen) atoms. The molecule has 0 aliphatic rings. The van der Waals surface area contributed by atoms with Gasteiger partial charge in [0.15, 0.2) is 0 Å². The Kier molecular flexibility index (Phi) is 106. The Morgan fingerprint density at radius 2 is 1.00 bits per heavy atom. The van der Waals surface area contributed by atoms with E-state index in [2.05, 4.69) is 0 Å². The zero-order valence-corrected chi connectivity index (χ0v) is 10.9. The summed E-state index contributed by atoms with van der Waals surface area (Å²) >= 11 is 0. The molecular weight excluding hydrogens is 339 g/mol. The average Bonchev–Trinajstić information content (AvgIpc) is 0. The van der Waals surface area contributed by atoms with Gasteiger partial charge in [0.1, 0.15) is 0 Å². The van der Waals surface area contributed by atoms with Crippen LogP contribution < -0.4 is 0 Å². The predicted octanol–water partition coefficient (Wildman–Crippen LogP) is -3.02. The molecule has 0 atom stereocenters. The molecule has 3 radical (unpaired) electrons. The molecule has 0 aromatic heterocycles. The zero-order valence-electron chi connectivity index (χ0n) is 1.75. The van der Waals surface area contributed by atoms with Crippen LogP contribution in [0.25, 0.3) is 0 Å². The summed E-state index contributed by atoms with van der Waals surface area (Å²) in [6.45, 7) is 0. The van der Waals surface area contributed by atoms with Gasteiger partial charge in [0.2, 0.25) is 0 Å². The van der Waals surface area contributed by atoms with E-state index in [1.54, 1.807) is 0 Å². The van der Waals surface area contributed by atoms with Gasteiger partial charge in [-0.05, 0) is 0 Å². The monoisotopic (exact) mass is 347 g/mol. The molecule has 0 amide bonds. The van der Waals surface area contributed by atoms with Gasteiger partial charge < -0.3 is 0 Å². The molecule has 27 valence electrons. The van der Waals surface area contributed by atoms with Crippen LogP contribution in [0.5, 0.6) is 0 Å². The van der Waals surface area contributed by atoms with Crippen molar-refractivity contribution in [2.45, 2.75) is 0 Å². The Hall–Kier alpha value is 3.38. The predicted molar refractivity (Wildman–Crippen MR) is 27.0 cm³/mol. The molecule has 0 bridgehead atoms.